The molecule has 0 unspecified atom stereocenters. The molecule has 1 fully saturated rings. The van der Waals surface area contributed by atoms with Crippen molar-refractivity contribution < 1.29 is 13.9 Å². The van der Waals surface area contributed by atoms with Crippen LogP contribution in [-0.2, 0) is 6.42 Å². The number of carbonyl (C=O) groups is 1. The summed E-state index contributed by atoms with van der Waals surface area (Å²) < 4.78 is 19.4. The molecule has 0 aliphatic carbocycles. The summed E-state index contributed by atoms with van der Waals surface area (Å²) in [6, 6.07) is 6.56. The number of aromatic nitrogens is 3. The van der Waals surface area contributed by atoms with E-state index in [4.69, 9.17) is 33.7 Å². The third-order valence-corrected chi connectivity index (χ3v) is 6.86. The molecule has 2 N–H and O–H groups in total. The first kappa shape index (κ1) is 26.1. The van der Waals surface area contributed by atoms with Crippen molar-refractivity contribution >= 4 is 34.9 Å². The Morgan fingerprint density at radius 3 is 2.50 bits per heavy atom. The summed E-state index contributed by atoms with van der Waals surface area (Å²) in [5, 5.41) is 0.304. The normalized spacial score (nSPS) is 14.3. The van der Waals surface area contributed by atoms with E-state index < -0.39 is 5.82 Å². The molecule has 8 nitrogen and oxygen atoms in total. The SMILES string of the molecule is CC(C)N1CCN(C(=O)c2ccc(-c3cnc(N)c(OCCc4c(Cl)ccc(F)c4Cl)n3)nc2)CC1. The first-order valence-electron chi connectivity index (χ1n) is 11.6. The zero-order valence-corrected chi connectivity index (χ0v) is 21.6. The Morgan fingerprint density at radius 2 is 1.83 bits per heavy atom. The zero-order chi connectivity index (χ0) is 25.8. The van der Waals surface area contributed by atoms with E-state index in [1.807, 2.05) is 4.90 Å². The summed E-state index contributed by atoms with van der Waals surface area (Å²) in [5.41, 5.74) is 7.83. The van der Waals surface area contributed by atoms with Gasteiger partial charge in [-0.25, -0.2) is 14.4 Å². The van der Waals surface area contributed by atoms with Crippen LogP contribution >= 0.6 is 23.2 Å². The molecule has 0 atom stereocenters. The largest absolute Gasteiger partial charge is 0.475 e. The van der Waals surface area contributed by atoms with Crippen molar-refractivity contribution in [2.75, 3.05) is 38.5 Å². The quantitative estimate of drug-likeness (QED) is 0.451. The highest BCUT2D eigenvalue weighted by Gasteiger charge is 2.23. The van der Waals surface area contributed by atoms with E-state index >= 15 is 0 Å². The van der Waals surface area contributed by atoms with Gasteiger partial charge in [0.1, 0.15) is 11.5 Å². The molecule has 1 saturated heterocycles. The molecule has 11 heteroatoms. The molecule has 4 rings (SSSR count). The van der Waals surface area contributed by atoms with Gasteiger partial charge in [-0.1, -0.05) is 23.2 Å². The molecule has 1 amide bonds. The third kappa shape index (κ3) is 5.86. The fourth-order valence-corrected chi connectivity index (χ4v) is 4.51. The van der Waals surface area contributed by atoms with Crippen LogP contribution in [0.3, 0.4) is 0 Å². The Hall–Kier alpha value is -3.01. The minimum absolute atomic E-state index is 0.0421. The van der Waals surface area contributed by atoms with Gasteiger partial charge in [0.25, 0.3) is 11.8 Å². The number of benzene rings is 1. The molecule has 190 valence electrons. The number of hydrogen-bond donors (Lipinski definition) is 1. The van der Waals surface area contributed by atoms with Gasteiger partial charge < -0.3 is 15.4 Å². The average Bonchev–Trinajstić information content (AvgIpc) is 2.89. The van der Waals surface area contributed by atoms with Crippen LogP contribution in [0.1, 0.15) is 29.8 Å². The Balaban J connectivity index is 1.41. The van der Waals surface area contributed by atoms with Gasteiger partial charge in [-0.05, 0) is 43.7 Å². The van der Waals surface area contributed by atoms with Gasteiger partial charge in [0.2, 0.25) is 0 Å². The summed E-state index contributed by atoms with van der Waals surface area (Å²) in [5.74, 6) is -0.383. The van der Waals surface area contributed by atoms with Crippen molar-refractivity contribution in [3.63, 3.8) is 0 Å². The van der Waals surface area contributed by atoms with Crippen molar-refractivity contribution in [2.45, 2.75) is 26.3 Å². The lowest BCUT2D eigenvalue weighted by Crippen LogP contribution is -2.50. The number of halogens is 3. The standard InChI is InChI=1S/C25H27Cl2FN6O2/c1-15(2)33-8-10-34(11-9-33)25(35)16-3-6-20(30-13-16)21-14-31-23(29)24(32-21)36-12-7-17-18(26)4-5-19(28)22(17)27/h3-6,13-15H,7-12H2,1-2H3,(H2,29,31). The smallest absolute Gasteiger partial charge is 0.257 e. The van der Waals surface area contributed by atoms with E-state index in [0.717, 1.165) is 13.1 Å². The van der Waals surface area contributed by atoms with Gasteiger partial charge in [-0.2, -0.15) is 0 Å². The number of rotatable bonds is 7. The second-order valence-corrected chi connectivity index (χ2v) is 9.51. The monoisotopic (exact) mass is 532 g/mol. The van der Waals surface area contributed by atoms with E-state index in [1.54, 1.807) is 18.3 Å². The number of nitrogens with two attached hydrogens (primary N) is 1. The predicted octanol–water partition coefficient (Wildman–Crippen LogP) is 4.35. The van der Waals surface area contributed by atoms with Crippen LogP contribution in [0.25, 0.3) is 11.4 Å². The molecular formula is C25H27Cl2FN6O2. The van der Waals surface area contributed by atoms with Crippen LogP contribution in [0.5, 0.6) is 5.88 Å². The van der Waals surface area contributed by atoms with Crippen LogP contribution in [0.2, 0.25) is 10.0 Å². The van der Waals surface area contributed by atoms with E-state index in [0.29, 0.717) is 46.7 Å². The minimum Gasteiger partial charge on any atom is -0.475 e. The molecule has 0 spiro atoms. The number of hydrogen-bond acceptors (Lipinski definition) is 7. The Morgan fingerprint density at radius 1 is 1.08 bits per heavy atom. The summed E-state index contributed by atoms with van der Waals surface area (Å²) >= 11 is 12.1. The van der Waals surface area contributed by atoms with E-state index in [-0.39, 0.29) is 35.7 Å². The number of carbonyl (C=O) groups excluding carboxylic acids is 1. The predicted molar refractivity (Wildman–Crippen MR) is 138 cm³/mol. The topological polar surface area (TPSA) is 97.5 Å². The third-order valence-electron chi connectivity index (χ3n) is 6.10. The lowest BCUT2D eigenvalue weighted by atomic mass is 10.1. The lowest BCUT2D eigenvalue weighted by Gasteiger charge is -2.36. The maximum Gasteiger partial charge on any atom is 0.257 e. The first-order valence-corrected chi connectivity index (χ1v) is 12.4. The number of nitrogen functional groups attached to an aromatic ring is 1. The van der Waals surface area contributed by atoms with Crippen molar-refractivity contribution in [3.05, 3.63) is 63.6 Å². The number of pyridine rings is 1. The second-order valence-electron chi connectivity index (χ2n) is 8.72. The fourth-order valence-electron chi connectivity index (χ4n) is 3.95. The molecule has 1 aliphatic heterocycles. The summed E-state index contributed by atoms with van der Waals surface area (Å²) in [6.45, 7) is 7.52. The van der Waals surface area contributed by atoms with Gasteiger partial charge in [0.05, 0.1) is 29.1 Å². The van der Waals surface area contributed by atoms with Gasteiger partial charge in [-0.15, -0.1) is 0 Å². The number of ether oxygens (including phenoxy) is 1. The van der Waals surface area contributed by atoms with Crippen molar-refractivity contribution in [2.24, 2.45) is 0 Å². The molecule has 1 aliphatic rings. The maximum atomic E-state index is 13.7. The van der Waals surface area contributed by atoms with Gasteiger partial charge in [-0.3, -0.25) is 14.7 Å². The number of anilines is 1. The summed E-state index contributed by atoms with van der Waals surface area (Å²) in [6.07, 6.45) is 3.28. The molecule has 3 aromatic rings. The highest BCUT2D eigenvalue weighted by molar-refractivity contribution is 6.36. The van der Waals surface area contributed by atoms with Crippen molar-refractivity contribution in [1.29, 1.82) is 0 Å². The molecule has 0 saturated carbocycles. The number of amides is 1. The zero-order valence-electron chi connectivity index (χ0n) is 20.0. The summed E-state index contributed by atoms with van der Waals surface area (Å²) in [7, 11) is 0. The fraction of sp³-hybridized carbons (Fsp3) is 0.360. The van der Waals surface area contributed by atoms with E-state index in [1.165, 1.54) is 18.3 Å². The molecule has 2 aromatic heterocycles. The van der Waals surface area contributed by atoms with Gasteiger partial charge in [0, 0.05) is 49.9 Å². The lowest BCUT2D eigenvalue weighted by molar-refractivity contribution is 0.0595. The summed E-state index contributed by atoms with van der Waals surface area (Å²) in [4.78, 5) is 30.0. The molecular weight excluding hydrogens is 506 g/mol. The number of nitrogens with zero attached hydrogens (tertiary/aromatic N) is 5. The van der Waals surface area contributed by atoms with E-state index in [9.17, 15) is 9.18 Å². The van der Waals surface area contributed by atoms with E-state index in [2.05, 4.69) is 33.7 Å². The molecule has 0 bridgehead atoms. The van der Waals surface area contributed by atoms with Crippen molar-refractivity contribution in [3.8, 4) is 17.3 Å². The Bertz CT molecular complexity index is 1230. The van der Waals surface area contributed by atoms with Gasteiger partial charge in [0.15, 0.2) is 5.82 Å². The molecule has 0 radical (unpaired) electrons. The average molecular weight is 533 g/mol. The van der Waals surface area contributed by atoms with Crippen LogP contribution in [0, 0.1) is 5.82 Å². The van der Waals surface area contributed by atoms with Crippen LogP contribution in [-0.4, -0.2) is 69.5 Å². The maximum absolute atomic E-state index is 13.7. The van der Waals surface area contributed by atoms with Crippen LogP contribution < -0.4 is 10.5 Å². The molecule has 3 heterocycles. The molecule has 1 aromatic carbocycles. The molecule has 36 heavy (non-hydrogen) atoms. The highest BCUT2D eigenvalue weighted by Crippen LogP contribution is 2.28. The van der Waals surface area contributed by atoms with Crippen molar-refractivity contribution in [1.82, 2.24) is 24.8 Å². The first-order chi connectivity index (χ1) is 17.2. The Labute approximate surface area is 219 Å². The minimum atomic E-state index is -0.553. The second kappa shape index (κ2) is 11.4. The van der Waals surface area contributed by atoms with Gasteiger partial charge >= 0.3 is 0 Å². The van der Waals surface area contributed by atoms with Crippen LogP contribution in [0.4, 0.5) is 10.2 Å². The number of piperazine rings is 1. The highest BCUT2D eigenvalue weighted by atomic mass is 35.5. The Kier molecular flexibility index (Phi) is 8.23. The van der Waals surface area contributed by atoms with Crippen LogP contribution in [0.15, 0.2) is 36.7 Å².